The van der Waals surface area contributed by atoms with Crippen molar-refractivity contribution in [3.05, 3.63) is 0 Å². The zero-order chi connectivity index (χ0) is 11.2. The zero-order valence-electron chi connectivity index (χ0n) is 8.70. The van der Waals surface area contributed by atoms with E-state index < -0.39 is 11.4 Å². The van der Waals surface area contributed by atoms with Gasteiger partial charge >= 0.3 is 5.97 Å². The monoisotopic (exact) mass is 194 g/mol. The number of ether oxygens (including phenoxy) is 1. The first-order chi connectivity index (χ1) is 6.52. The van der Waals surface area contributed by atoms with Crippen molar-refractivity contribution in [1.82, 2.24) is 0 Å². The number of carbonyl (C=O) groups is 1. The number of carbonyl (C=O) groups excluding carboxylic acids is 1. The van der Waals surface area contributed by atoms with Crippen LogP contribution in [0.25, 0.3) is 0 Å². The number of nitriles is 2. The number of hydrogen-bond donors (Lipinski definition) is 0. The first-order valence-corrected chi connectivity index (χ1v) is 4.48. The standard InChI is InChI=1S/C10H14N2O2/c1-4-14-9(13)10(3,7-12)8(2)5-6-11/h8H,4-5H2,1-3H3/t8-,10+/m1/s1. The van der Waals surface area contributed by atoms with E-state index in [-0.39, 0.29) is 18.9 Å². The predicted octanol–water partition coefficient (Wildman–Crippen LogP) is 1.63. The highest BCUT2D eigenvalue weighted by Gasteiger charge is 2.40. The summed E-state index contributed by atoms with van der Waals surface area (Å²) in [6.45, 7) is 5.14. The Kier molecular flexibility index (Phi) is 4.66. The van der Waals surface area contributed by atoms with Gasteiger partial charge in [0.25, 0.3) is 0 Å². The molecule has 2 atom stereocenters. The van der Waals surface area contributed by atoms with Crippen LogP contribution >= 0.6 is 0 Å². The molecule has 0 saturated heterocycles. The van der Waals surface area contributed by atoms with Gasteiger partial charge in [-0.05, 0) is 19.8 Å². The third kappa shape index (κ3) is 2.47. The molecule has 4 heteroatoms. The van der Waals surface area contributed by atoms with Gasteiger partial charge in [0.1, 0.15) is 0 Å². The lowest BCUT2D eigenvalue weighted by molar-refractivity contribution is -0.153. The molecule has 0 unspecified atom stereocenters. The SMILES string of the molecule is CCOC(=O)[C@@](C)(C#N)[C@H](C)CC#N. The van der Waals surface area contributed by atoms with Gasteiger partial charge in [-0.2, -0.15) is 10.5 Å². The van der Waals surface area contributed by atoms with Crippen molar-refractivity contribution in [2.45, 2.75) is 27.2 Å². The van der Waals surface area contributed by atoms with E-state index in [4.69, 9.17) is 15.3 Å². The Morgan fingerprint density at radius 3 is 2.50 bits per heavy atom. The van der Waals surface area contributed by atoms with Crippen LogP contribution in [0.3, 0.4) is 0 Å². The van der Waals surface area contributed by atoms with E-state index in [0.29, 0.717) is 0 Å². The molecule has 0 aliphatic carbocycles. The second-order valence-electron chi connectivity index (χ2n) is 3.30. The van der Waals surface area contributed by atoms with Crippen molar-refractivity contribution in [1.29, 1.82) is 10.5 Å². The van der Waals surface area contributed by atoms with Crippen LogP contribution in [0.15, 0.2) is 0 Å². The molecule has 0 N–H and O–H groups in total. The number of hydrogen-bond acceptors (Lipinski definition) is 4. The maximum atomic E-state index is 11.5. The minimum Gasteiger partial charge on any atom is -0.465 e. The summed E-state index contributed by atoms with van der Waals surface area (Å²) < 4.78 is 4.79. The topological polar surface area (TPSA) is 73.9 Å². The average molecular weight is 194 g/mol. The van der Waals surface area contributed by atoms with Crippen LogP contribution in [0.1, 0.15) is 27.2 Å². The summed E-state index contributed by atoms with van der Waals surface area (Å²) >= 11 is 0. The molecule has 0 spiro atoms. The Labute approximate surface area is 84.1 Å². The van der Waals surface area contributed by atoms with Crippen LogP contribution < -0.4 is 0 Å². The van der Waals surface area contributed by atoms with E-state index >= 15 is 0 Å². The molecule has 0 aromatic rings. The van der Waals surface area contributed by atoms with Crippen molar-refractivity contribution in [3.8, 4) is 12.1 Å². The molecular formula is C10H14N2O2. The Morgan fingerprint density at radius 1 is 1.57 bits per heavy atom. The summed E-state index contributed by atoms with van der Waals surface area (Å²) in [5.74, 6) is -0.873. The highest BCUT2D eigenvalue weighted by Crippen LogP contribution is 2.30. The average Bonchev–Trinajstić information content (AvgIpc) is 2.17. The molecule has 0 heterocycles. The van der Waals surface area contributed by atoms with Gasteiger partial charge in [-0.3, -0.25) is 4.79 Å². The molecule has 0 bridgehead atoms. The van der Waals surface area contributed by atoms with Crippen molar-refractivity contribution in [2.24, 2.45) is 11.3 Å². The fourth-order valence-corrected chi connectivity index (χ4v) is 0.979. The smallest absolute Gasteiger partial charge is 0.326 e. The first kappa shape index (κ1) is 12.4. The molecule has 14 heavy (non-hydrogen) atoms. The molecule has 0 aromatic carbocycles. The summed E-state index contributed by atoms with van der Waals surface area (Å²) in [6, 6.07) is 3.87. The second-order valence-corrected chi connectivity index (χ2v) is 3.30. The van der Waals surface area contributed by atoms with Crippen LogP contribution in [0.2, 0.25) is 0 Å². The number of nitrogens with zero attached hydrogens (tertiary/aromatic N) is 2. The van der Waals surface area contributed by atoms with E-state index in [1.807, 2.05) is 12.1 Å². The lowest BCUT2D eigenvalue weighted by Crippen LogP contribution is -2.34. The molecule has 0 aromatic heterocycles. The number of esters is 1. The lowest BCUT2D eigenvalue weighted by atomic mass is 9.78. The maximum absolute atomic E-state index is 11.5. The van der Waals surface area contributed by atoms with E-state index in [2.05, 4.69) is 0 Å². The normalized spacial score (nSPS) is 15.8. The van der Waals surface area contributed by atoms with Gasteiger partial charge in [0.2, 0.25) is 0 Å². The van der Waals surface area contributed by atoms with Crippen LogP contribution in [0, 0.1) is 34.0 Å². The van der Waals surface area contributed by atoms with Gasteiger partial charge in [0.05, 0.1) is 18.7 Å². The van der Waals surface area contributed by atoms with Gasteiger partial charge in [-0.25, -0.2) is 0 Å². The largest absolute Gasteiger partial charge is 0.465 e. The first-order valence-electron chi connectivity index (χ1n) is 4.48. The third-order valence-corrected chi connectivity index (χ3v) is 2.31. The summed E-state index contributed by atoms with van der Waals surface area (Å²) in [7, 11) is 0. The Morgan fingerprint density at radius 2 is 2.14 bits per heavy atom. The molecule has 0 radical (unpaired) electrons. The molecule has 0 amide bonds. The molecular weight excluding hydrogens is 180 g/mol. The Bertz CT molecular complexity index is 287. The maximum Gasteiger partial charge on any atom is 0.326 e. The molecule has 0 fully saturated rings. The quantitative estimate of drug-likeness (QED) is 0.637. The molecule has 0 aliphatic rings. The highest BCUT2D eigenvalue weighted by atomic mass is 16.5. The van der Waals surface area contributed by atoms with Gasteiger partial charge in [0, 0.05) is 6.42 Å². The molecule has 0 rings (SSSR count). The van der Waals surface area contributed by atoms with E-state index in [9.17, 15) is 4.79 Å². The van der Waals surface area contributed by atoms with Crippen molar-refractivity contribution < 1.29 is 9.53 Å². The van der Waals surface area contributed by atoms with Crippen LogP contribution in [-0.4, -0.2) is 12.6 Å². The van der Waals surface area contributed by atoms with Gasteiger partial charge in [0.15, 0.2) is 5.41 Å². The van der Waals surface area contributed by atoms with Crippen LogP contribution in [0.4, 0.5) is 0 Å². The summed E-state index contributed by atoms with van der Waals surface area (Å²) in [5, 5.41) is 17.4. The van der Waals surface area contributed by atoms with Crippen molar-refractivity contribution in [2.75, 3.05) is 6.61 Å². The van der Waals surface area contributed by atoms with E-state index in [1.165, 1.54) is 6.92 Å². The predicted molar refractivity (Wildman–Crippen MR) is 49.7 cm³/mol. The second kappa shape index (κ2) is 5.24. The summed E-state index contributed by atoms with van der Waals surface area (Å²) in [5.41, 5.74) is -1.22. The van der Waals surface area contributed by atoms with Crippen LogP contribution in [0.5, 0.6) is 0 Å². The fourth-order valence-electron chi connectivity index (χ4n) is 0.979. The van der Waals surface area contributed by atoms with Gasteiger partial charge in [-0.1, -0.05) is 6.92 Å². The third-order valence-electron chi connectivity index (χ3n) is 2.31. The minimum atomic E-state index is -1.22. The molecule has 0 saturated carbocycles. The number of rotatable bonds is 4. The summed E-state index contributed by atoms with van der Waals surface area (Å²) in [4.78, 5) is 11.5. The molecule has 0 aliphatic heterocycles. The van der Waals surface area contributed by atoms with Crippen molar-refractivity contribution in [3.63, 3.8) is 0 Å². The fraction of sp³-hybridized carbons (Fsp3) is 0.700. The molecule has 76 valence electrons. The zero-order valence-corrected chi connectivity index (χ0v) is 8.70. The van der Waals surface area contributed by atoms with Crippen molar-refractivity contribution >= 4 is 5.97 Å². The lowest BCUT2D eigenvalue weighted by Gasteiger charge is -2.24. The van der Waals surface area contributed by atoms with E-state index in [0.717, 1.165) is 0 Å². The van der Waals surface area contributed by atoms with Crippen LogP contribution in [-0.2, 0) is 9.53 Å². The highest BCUT2D eigenvalue weighted by molar-refractivity contribution is 5.79. The van der Waals surface area contributed by atoms with Gasteiger partial charge in [-0.15, -0.1) is 0 Å². The van der Waals surface area contributed by atoms with Gasteiger partial charge < -0.3 is 4.74 Å². The minimum absolute atomic E-state index is 0.170. The Hall–Kier alpha value is -1.55. The Balaban J connectivity index is 4.73. The molecule has 4 nitrogen and oxygen atoms in total. The summed E-state index contributed by atoms with van der Waals surface area (Å²) in [6.07, 6.45) is 0.170. The van der Waals surface area contributed by atoms with E-state index in [1.54, 1.807) is 13.8 Å².